The molecule has 0 saturated heterocycles. The van der Waals surface area contributed by atoms with Crippen molar-refractivity contribution >= 4 is 5.91 Å². The van der Waals surface area contributed by atoms with Crippen LogP contribution in [-0.4, -0.2) is 10.5 Å². The Morgan fingerprint density at radius 1 is 1.18 bits per heavy atom. The van der Waals surface area contributed by atoms with Gasteiger partial charge in [0.25, 0.3) is 11.5 Å². The second-order valence-corrected chi connectivity index (χ2v) is 4.74. The summed E-state index contributed by atoms with van der Waals surface area (Å²) >= 11 is 0. The molecule has 0 spiro atoms. The van der Waals surface area contributed by atoms with Gasteiger partial charge in [-0.25, -0.2) is 0 Å². The van der Waals surface area contributed by atoms with E-state index in [1.54, 1.807) is 7.05 Å². The molecule has 0 unspecified atom stereocenters. The van der Waals surface area contributed by atoms with Gasteiger partial charge in [0, 0.05) is 31.4 Å². The Morgan fingerprint density at radius 3 is 2.36 bits per heavy atom. The fourth-order valence-corrected chi connectivity index (χ4v) is 1.79. The van der Waals surface area contributed by atoms with Gasteiger partial charge >= 0.3 is 6.18 Å². The van der Waals surface area contributed by atoms with Crippen LogP contribution in [0.5, 0.6) is 0 Å². The Kier molecular flexibility index (Phi) is 4.35. The Bertz CT molecular complexity index is 734. The van der Waals surface area contributed by atoms with Crippen LogP contribution in [-0.2, 0) is 19.8 Å². The zero-order valence-corrected chi connectivity index (χ0v) is 11.6. The topological polar surface area (TPSA) is 51.1 Å². The number of carbonyl (C=O) groups excluding carboxylic acids is 1. The van der Waals surface area contributed by atoms with Gasteiger partial charge < -0.3 is 9.88 Å². The van der Waals surface area contributed by atoms with Crippen molar-refractivity contribution in [3.05, 3.63) is 69.6 Å². The third-order valence-corrected chi connectivity index (χ3v) is 3.10. The van der Waals surface area contributed by atoms with Crippen LogP contribution in [0.3, 0.4) is 0 Å². The first-order valence-corrected chi connectivity index (χ1v) is 6.38. The maximum Gasteiger partial charge on any atom is 0.416 e. The average Bonchev–Trinajstić information content (AvgIpc) is 2.47. The van der Waals surface area contributed by atoms with Gasteiger partial charge in [0.2, 0.25) is 0 Å². The summed E-state index contributed by atoms with van der Waals surface area (Å²) < 4.78 is 38.6. The lowest BCUT2D eigenvalue weighted by molar-refractivity contribution is -0.137. The summed E-state index contributed by atoms with van der Waals surface area (Å²) in [5, 5.41) is 2.55. The number of hydrogen-bond acceptors (Lipinski definition) is 2. The minimum absolute atomic E-state index is 0.0756. The van der Waals surface area contributed by atoms with E-state index in [1.165, 1.54) is 35.0 Å². The van der Waals surface area contributed by atoms with E-state index < -0.39 is 17.6 Å². The van der Waals surface area contributed by atoms with Crippen LogP contribution in [0.2, 0.25) is 0 Å². The lowest BCUT2D eigenvalue weighted by Gasteiger charge is -2.09. The normalized spacial score (nSPS) is 11.3. The summed E-state index contributed by atoms with van der Waals surface area (Å²) in [6.07, 6.45) is -2.92. The van der Waals surface area contributed by atoms with Gasteiger partial charge in [-0.2, -0.15) is 13.2 Å². The van der Waals surface area contributed by atoms with Crippen molar-refractivity contribution in [1.29, 1.82) is 0 Å². The number of aryl methyl sites for hydroxylation is 1. The van der Waals surface area contributed by atoms with Crippen LogP contribution in [0.1, 0.15) is 21.5 Å². The van der Waals surface area contributed by atoms with Gasteiger partial charge in [-0.3, -0.25) is 9.59 Å². The molecule has 0 fully saturated rings. The number of hydrogen-bond donors (Lipinski definition) is 1. The van der Waals surface area contributed by atoms with Crippen molar-refractivity contribution in [2.45, 2.75) is 12.7 Å². The molecule has 22 heavy (non-hydrogen) atoms. The number of nitrogens with zero attached hydrogens (tertiary/aromatic N) is 1. The van der Waals surface area contributed by atoms with Gasteiger partial charge in [0.1, 0.15) is 0 Å². The molecule has 4 nitrogen and oxygen atoms in total. The summed E-state index contributed by atoms with van der Waals surface area (Å²) in [5.74, 6) is -0.461. The number of carbonyl (C=O) groups is 1. The molecule has 0 radical (unpaired) electrons. The number of halogens is 3. The van der Waals surface area contributed by atoms with Crippen molar-refractivity contribution in [3.63, 3.8) is 0 Å². The standard InChI is InChI=1S/C15H13F3N2O2/c1-20-7-6-11(8-13(20)21)14(22)19-9-10-2-4-12(5-3-10)15(16,17)18/h2-8H,9H2,1H3,(H,19,22). The molecule has 0 aliphatic carbocycles. The average molecular weight is 310 g/mol. The second-order valence-electron chi connectivity index (χ2n) is 4.74. The number of alkyl halides is 3. The Balaban J connectivity index is 2.02. The summed E-state index contributed by atoms with van der Waals surface area (Å²) in [6.45, 7) is 0.0756. The summed E-state index contributed by atoms with van der Waals surface area (Å²) in [4.78, 5) is 23.3. The largest absolute Gasteiger partial charge is 0.416 e. The van der Waals surface area contributed by atoms with Crippen LogP contribution >= 0.6 is 0 Å². The van der Waals surface area contributed by atoms with Crippen molar-refractivity contribution in [3.8, 4) is 0 Å². The molecular formula is C15H13F3N2O2. The first-order chi connectivity index (χ1) is 10.3. The van der Waals surface area contributed by atoms with E-state index in [1.807, 2.05) is 0 Å². The summed E-state index contributed by atoms with van der Waals surface area (Å²) in [5.41, 5.74) is -0.323. The van der Waals surface area contributed by atoms with Crippen molar-refractivity contribution in [2.75, 3.05) is 0 Å². The minimum Gasteiger partial charge on any atom is -0.348 e. The molecule has 1 amide bonds. The molecule has 7 heteroatoms. The van der Waals surface area contributed by atoms with E-state index in [0.29, 0.717) is 5.56 Å². The van der Waals surface area contributed by atoms with Gasteiger partial charge in [0.05, 0.1) is 5.56 Å². The number of aromatic nitrogens is 1. The number of benzene rings is 1. The molecule has 0 atom stereocenters. The highest BCUT2D eigenvalue weighted by atomic mass is 19.4. The van der Waals surface area contributed by atoms with Gasteiger partial charge in [0.15, 0.2) is 0 Å². The van der Waals surface area contributed by atoms with Gasteiger partial charge in [-0.15, -0.1) is 0 Å². The smallest absolute Gasteiger partial charge is 0.348 e. The molecule has 0 aliphatic heterocycles. The van der Waals surface area contributed by atoms with Gasteiger partial charge in [-0.05, 0) is 23.8 Å². The highest BCUT2D eigenvalue weighted by Crippen LogP contribution is 2.29. The summed E-state index contributed by atoms with van der Waals surface area (Å²) in [7, 11) is 1.56. The summed E-state index contributed by atoms with van der Waals surface area (Å²) in [6, 6.07) is 7.20. The quantitative estimate of drug-likeness (QED) is 0.946. The van der Waals surface area contributed by atoms with Crippen LogP contribution in [0.15, 0.2) is 47.4 Å². The van der Waals surface area contributed by atoms with Crippen molar-refractivity contribution in [2.24, 2.45) is 7.05 Å². The molecular weight excluding hydrogens is 297 g/mol. The lowest BCUT2D eigenvalue weighted by Crippen LogP contribution is -2.25. The van der Waals surface area contributed by atoms with Crippen LogP contribution in [0, 0.1) is 0 Å². The maximum atomic E-state index is 12.4. The zero-order chi connectivity index (χ0) is 16.3. The molecule has 1 N–H and O–H groups in total. The van der Waals surface area contributed by atoms with E-state index in [2.05, 4.69) is 5.32 Å². The van der Waals surface area contributed by atoms with Crippen molar-refractivity contribution in [1.82, 2.24) is 9.88 Å². The van der Waals surface area contributed by atoms with Crippen molar-refractivity contribution < 1.29 is 18.0 Å². The second kappa shape index (κ2) is 6.05. The fourth-order valence-electron chi connectivity index (χ4n) is 1.79. The van der Waals surface area contributed by atoms with E-state index in [0.717, 1.165) is 12.1 Å². The SMILES string of the molecule is Cn1ccc(C(=O)NCc2ccc(C(F)(F)F)cc2)cc1=O. The van der Waals surface area contributed by atoms with Crippen LogP contribution in [0.4, 0.5) is 13.2 Å². The Labute approximate surface area is 124 Å². The molecule has 0 saturated carbocycles. The first kappa shape index (κ1) is 15.8. The molecule has 1 aromatic carbocycles. The highest BCUT2D eigenvalue weighted by molar-refractivity contribution is 5.93. The number of rotatable bonds is 3. The maximum absolute atomic E-state index is 12.4. The zero-order valence-electron chi connectivity index (χ0n) is 11.6. The minimum atomic E-state index is -4.38. The predicted octanol–water partition coefficient (Wildman–Crippen LogP) is 2.33. The van der Waals surface area contributed by atoms with E-state index in [-0.39, 0.29) is 17.7 Å². The Morgan fingerprint density at radius 2 is 1.82 bits per heavy atom. The molecule has 116 valence electrons. The van der Waals surface area contributed by atoms with E-state index in [9.17, 15) is 22.8 Å². The molecule has 0 aliphatic rings. The van der Waals surface area contributed by atoms with Gasteiger partial charge in [-0.1, -0.05) is 12.1 Å². The molecule has 0 bridgehead atoms. The Hall–Kier alpha value is -2.57. The number of amides is 1. The monoisotopic (exact) mass is 310 g/mol. The van der Waals surface area contributed by atoms with E-state index >= 15 is 0 Å². The molecule has 2 rings (SSSR count). The van der Waals surface area contributed by atoms with Crippen LogP contribution in [0.25, 0.3) is 0 Å². The number of pyridine rings is 1. The lowest BCUT2D eigenvalue weighted by atomic mass is 10.1. The first-order valence-electron chi connectivity index (χ1n) is 6.38. The third-order valence-electron chi connectivity index (χ3n) is 3.10. The molecule has 2 aromatic rings. The third kappa shape index (κ3) is 3.75. The molecule has 1 heterocycles. The molecule has 1 aromatic heterocycles. The van der Waals surface area contributed by atoms with Crippen LogP contribution < -0.4 is 10.9 Å². The fraction of sp³-hybridized carbons (Fsp3) is 0.200. The van der Waals surface area contributed by atoms with E-state index in [4.69, 9.17) is 0 Å². The number of nitrogens with one attached hydrogen (secondary N) is 1. The highest BCUT2D eigenvalue weighted by Gasteiger charge is 2.29. The predicted molar refractivity (Wildman–Crippen MR) is 74.3 cm³/mol.